The Bertz CT molecular complexity index is 3900. The average Bonchev–Trinajstić information content (AvgIpc) is 4.00. The quantitative estimate of drug-likeness (QED) is 0.153. The molecule has 0 amide bonds. The number of rotatable bonds is 8. The Morgan fingerprint density at radius 1 is 0.250 bits per heavy atom. The molecule has 316 valence electrons. The van der Waals surface area contributed by atoms with Gasteiger partial charge in [-0.05, 0) is 95.2 Å². The highest BCUT2D eigenvalue weighted by atomic mass is 15.3. The molecule has 0 saturated carbocycles. The number of nitrogens with zero attached hydrogens (tertiary/aromatic N) is 4. The largest absolute Gasteiger partial charge is 0.247 e. The van der Waals surface area contributed by atoms with Gasteiger partial charge in [-0.1, -0.05) is 231 Å². The fourth-order valence-corrected chi connectivity index (χ4v) is 10.5. The van der Waals surface area contributed by atoms with E-state index in [1.165, 1.54) is 0 Å². The van der Waals surface area contributed by atoms with E-state index in [1.807, 2.05) is 0 Å². The maximum atomic E-state index is 5.25. The van der Waals surface area contributed by atoms with Crippen LogP contribution in [0.2, 0.25) is 0 Å². The van der Waals surface area contributed by atoms with E-state index in [9.17, 15) is 0 Å². The summed E-state index contributed by atoms with van der Waals surface area (Å²) in [6.45, 7) is 0. The molecule has 1 aromatic heterocycles. The number of fused-ring (bicyclic) bond motifs is 7. The van der Waals surface area contributed by atoms with Crippen molar-refractivity contribution in [3.63, 3.8) is 0 Å². The molecule has 11 aromatic rings. The van der Waals surface area contributed by atoms with Crippen LogP contribution in [0, 0.1) is 0 Å². The summed E-state index contributed by atoms with van der Waals surface area (Å²) in [6, 6.07) is 84.1. The summed E-state index contributed by atoms with van der Waals surface area (Å²) in [5, 5.41) is 17.2. The molecule has 0 atom stereocenters. The van der Waals surface area contributed by atoms with Crippen LogP contribution < -0.4 is 10.6 Å². The van der Waals surface area contributed by atoms with Crippen molar-refractivity contribution in [2.45, 2.75) is 0 Å². The predicted octanol–water partition coefficient (Wildman–Crippen LogP) is 14.9. The van der Waals surface area contributed by atoms with Crippen LogP contribution in [-0.4, -0.2) is 15.4 Å². The first-order valence-electron chi connectivity index (χ1n) is 23.1. The molecular formula is C64H40N4. The minimum Gasteiger partial charge on any atom is -0.247 e. The first-order valence-corrected chi connectivity index (χ1v) is 23.1. The molecule has 0 bridgehead atoms. The van der Waals surface area contributed by atoms with Crippen LogP contribution in [0.25, 0.3) is 118 Å². The van der Waals surface area contributed by atoms with Gasteiger partial charge in [-0.3, -0.25) is 0 Å². The van der Waals surface area contributed by atoms with Crippen molar-refractivity contribution < 1.29 is 0 Å². The maximum Gasteiger partial charge on any atom is 0.106 e. The topological polar surface area (TPSA) is 51.0 Å². The van der Waals surface area contributed by atoms with Crippen LogP contribution in [0.5, 0.6) is 0 Å². The van der Waals surface area contributed by atoms with Gasteiger partial charge in [0.1, 0.15) is 11.4 Å². The summed E-state index contributed by atoms with van der Waals surface area (Å²) in [7, 11) is 0. The fourth-order valence-electron chi connectivity index (χ4n) is 10.5. The fraction of sp³-hybridized carbons (Fsp3) is 0. The van der Waals surface area contributed by atoms with Crippen molar-refractivity contribution >= 4 is 11.8 Å². The second-order valence-corrected chi connectivity index (χ2v) is 17.3. The van der Waals surface area contributed by atoms with Crippen molar-refractivity contribution in [2.24, 2.45) is 4.99 Å². The SMILES string of the molecule is C1=c2c(ccc3c2=Nc2ccccc2-3)-c2ccc(-c3ccccc3)c(-c3nnnc(-c4ccccc4-c4ccccc4-c4ccccc4)c3-c3ccccc3-c3ccccc3-c3ccccc3)c21. The second kappa shape index (κ2) is 16.4. The van der Waals surface area contributed by atoms with E-state index in [-0.39, 0.29) is 0 Å². The molecule has 0 saturated heterocycles. The standard InChI is InChI=1S/C64H40N4/c1-4-20-41(21-5-1)44-26-10-12-28-47(44)49-30-14-16-33-54(49)61-63(55-34-17-15-31-50(55)48-29-13-11-27-45(48)42-22-6-2-7-23-42)66-68-67-64(61)60-46(43-24-8-3-9-25-43)36-37-51-52-38-39-56-53-32-18-19-35-59(53)65-62(56)58(52)40-57(51)60/h1-40H. The van der Waals surface area contributed by atoms with Crippen LogP contribution in [-0.2, 0) is 0 Å². The number of para-hydroxylation sites is 1. The molecule has 0 fully saturated rings. The molecular weight excluding hydrogens is 825 g/mol. The van der Waals surface area contributed by atoms with Crippen molar-refractivity contribution in [3.8, 4) is 112 Å². The van der Waals surface area contributed by atoms with Crippen molar-refractivity contribution in [3.05, 3.63) is 253 Å². The highest BCUT2D eigenvalue weighted by Gasteiger charge is 2.30. The molecule has 4 heteroatoms. The molecule has 0 radical (unpaired) electrons. The van der Waals surface area contributed by atoms with Gasteiger partial charge in [0, 0.05) is 33.0 Å². The molecule has 0 unspecified atom stereocenters. The first kappa shape index (κ1) is 39.3. The lowest BCUT2D eigenvalue weighted by Crippen LogP contribution is -2.25. The second-order valence-electron chi connectivity index (χ2n) is 17.3. The Morgan fingerprint density at radius 2 is 0.662 bits per heavy atom. The molecule has 4 nitrogen and oxygen atoms in total. The van der Waals surface area contributed by atoms with Gasteiger partial charge in [0.2, 0.25) is 0 Å². The van der Waals surface area contributed by atoms with Gasteiger partial charge in [0.25, 0.3) is 0 Å². The van der Waals surface area contributed by atoms with Crippen LogP contribution in [0.15, 0.2) is 242 Å². The Hall–Kier alpha value is -9.12. The smallest absolute Gasteiger partial charge is 0.106 e. The Labute approximate surface area is 394 Å². The van der Waals surface area contributed by atoms with Gasteiger partial charge in [0.15, 0.2) is 0 Å². The van der Waals surface area contributed by atoms with E-state index in [1.54, 1.807) is 0 Å². The lowest BCUT2D eigenvalue weighted by atomic mass is 9.82. The Kier molecular flexibility index (Phi) is 9.47. The lowest BCUT2D eigenvalue weighted by Gasteiger charge is -2.22. The van der Waals surface area contributed by atoms with E-state index in [0.717, 1.165) is 133 Å². The molecule has 10 aromatic carbocycles. The number of benzene rings is 10. The zero-order valence-electron chi connectivity index (χ0n) is 36.9. The molecule has 68 heavy (non-hydrogen) atoms. The highest BCUT2D eigenvalue weighted by Crippen LogP contribution is 2.50. The molecule has 0 spiro atoms. The van der Waals surface area contributed by atoms with Crippen LogP contribution in [0.3, 0.4) is 0 Å². The summed E-state index contributed by atoms with van der Waals surface area (Å²) in [5.41, 5.74) is 23.1. The highest BCUT2D eigenvalue weighted by molar-refractivity contribution is 6.07. The van der Waals surface area contributed by atoms with Gasteiger partial charge in [0.05, 0.1) is 11.0 Å². The number of hydrogen-bond donors (Lipinski definition) is 0. The maximum absolute atomic E-state index is 5.25. The zero-order valence-corrected chi connectivity index (χ0v) is 36.9. The number of hydrogen-bond acceptors (Lipinski definition) is 4. The molecule has 0 N–H and O–H groups in total. The Balaban J connectivity index is 1.14. The third kappa shape index (κ3) is 6.45. The average molecular weight is 865 g/mol. The van der Waals surface area contributed by atoms with E-state index in [0.29, 0.717) is 0 Å². The van der Waals surface area contributed by atoms with Gasteiger partial charge >= 0.3 is 0 Å². The first-order chi connectivity index (χ1) is 33.8. The summed E-state index contributed by atoms with van der Waals surface area (Å²) < 4.78 is 0. The van der Waals surface area contributed by atoms with Gasteiger partial charge in [-0.2, -0.15) is 0 Å². The molecule has 2 heterocycles. The minimum atomic E-state index is 0.747. The van der Waals surface area contributed by atoms with E-state index < -0.39 is 0 Å². The summed E-state index contributed by atoms with van der Waals surface area (Å²) >= 11 is 0. The monoisotopic (exact) mass is 864 g/mol. The third-order valence-electron chi connectivity index (χ3n) is 13.5. The van der Waals surface area contributed by atoms with E-state index in [2.05, 4.69) is 243 Å². The van der Waals surface area contributed by atoms with Crippen LogP contribution >= 0.6 is 0 Å². The van der Waals surface area contributed by atoms with Gasteiger partial charge in [-0.25, -0.2) is 4.99 Å². The minimum absolute atomic E-state index is 0.747. The summed E-state index contributed by atoms with van der Waals surface area (Å²) in [4.78, 5) is 5.25. The van der Waals surface area contributed by atoms with Gasteiger partial charge < -0.3 is 0 Å². The van der Waals surface area contributed by atoms with E-state index in [4.69, 9.17) is 20.4 Å². The normalized spacial score (nSPS) is 11.8. The summed E-state index contributed by atoms with van der Waals surface area (Å²) in [5.74, 6) is 0. The van der Waals surface area contributed by atoms with Gasteiger partial charge in [-0.15, -0.1) is 10.2 Å². The van der Waals surface area contributed by atoms with Crippen molar-refractivity contribution in [1.29, 1.82) is 0 Å². The zero-order chi connectivity index (χ0) is 45.0. The molecule has 1 aliphatic heterocycles. The summed E-state index contributed by atoms with van der Waals surface area (Å²) in [6.07, 6.45) is 2.34. The molecule has 2 aliphatic rings. The third-order valence-corrected chi connectivity index (χ3v) is 13.5. The molecule has 1 aliphatic carbocycles. The van der Waals surface area contributed by atoms with Crippen molar-refractivity contribution in [1.82, 2.24) is 15.4 Å². The van der Waals surface area contributed by atoms with E-state index >= 15 is 0 Å². The van der Waals surface area contributed by atoms with Crippen molar-refractivity contribution in [2.75, 3.05) is 0 Å². The van der Waals surface area contributed by atoms with Crippen LogP contribution in [0.4, 0.5) is 5.69 Å². The molecule has 13 rings (SSSR count). The Morgan fingerprint density at radius 3 is 1.26 bits per heavy atom. The van der Waals surface area contributed by atoms with Crippen LogP contribution in [0.1, 0.15) is 5.56 Å². The number of aromatic nitrogens is 3. The predicted molar refractivity (Wildman–Crippen MR) is 278 cm³/mol. The lowest BCUT2D eigenvalue weighted by molar-refractivity contribution is 0.879.